The largest absolute Gasteiger partial charge is 0.338 e. The Morgan fingerprint density at radius 3 is 2.67 bits per heavy atom. The molecule has 116 valence electrons. The fourth-order valence-corrected chi connectivity index (χ4v) is 3.40. The number of carbonyl (C=O) groups excluding carboxylic acids is 1. The molecular formula is C14H17ClFNO3S. The summed E-state index contributed by atoms with van der Waals surface area (Å²) in [5, 5.41) is 0. The molecule has 1 aliphatic rings. The van der Waals surface area contributed by atoms with Crippen LogP contribution in [0.4, 0.5) is 4.39 Å². The number of amides is 1. The van der Waals surface area contributed by atoms with E-state index in [-0.39, 0.29) is 16.0 Å². The summed E-state index contributed by atoms with van der Waals surface area (Å²) < 4.78 is 37.0. The lowest BCUT2D eigenvalue weighted by atomic mass is 10.1. The zero-order valence-corrected chi connectivity index (χ0v) is 13.5. The van der Waals surface area contributed by atoms with Gasteiger partial charge < -0.3 is 4.90 Å². The van der Waals surface area contributed by atoms with Crippen LogP contribution in [-0.2, 0) is 9.05 Å². The molecule has 0 spiro atoms. The second-order valence-electron chi connectivity index (χ2n) is 5.35. The number of halogens is 2. The maximum atomic E-state index is 14.2. The molecule has 0 radical (unpaired) electrons. The first-order valence-electron chi connectivity index (χ1n) is 6.78. The van der Waals surface area contributed by atoms with Gasteiger partial charge in [0.15, 0.2) is 0 Å². The van der Waals surface area contributed by atoms with Crippen LogP contribution in [-0.4, -0.2) is 32.3 Å². The minimum atomic E-state index is -4.00. The molecule has 1 fully saturated rings. The Bertz CT molecular complexity index is 675. The third kappa shape index (κ3) is 3.37. The van der Waals surface area contributed by atoms with Gasteiger partial charge in [-0.25, -0.2) is 12.8 Å². The van der Waals surface area contributed by atoms with Crippen LogP contribution in [0.3, 0.4) is 0 Å². The normalized spacial score (nSPS) is 19.0. The van der Waals surface area contributed by atoms with Crippen LogP contribution in [0.1, 0.15) is 35.7 Å². The maximum absolute atomic E-state index is 14.2. The minimum absolute atomic E-state index is 0.0892. The van der Waals surface area contributed by atoms with Crippen LogP contribution in [0, 0.1) is 18.7 Å². The first-order chi connectivity index (χ1) is 9.74. The van der Waals surface area contributed by atoms with Crippen molar-refractivity contribution in [2.24, 2.45) is 5.92 Å². The van der Waals surface area contributed by atoms with Gasteiger partial charge in [-0.3, -0.25) is 4.79 Å². The van der Waals surface area contributed by atoms with Gasteiger partial charge in [0, 0.05) is 23.8 Å². The molecule has 21 heavy (non-hydrogen) atoms. The molecule has 0 saturated carbocycles. The number of aryl methyl sites for hydroxylation is 1. The second-order valence-corrected chi connectivity index (χ2v) is 7.92. The highest BCUT2D eigenvalue weighted by atomic mass is 35.7. The summed E-state index contributed by atoms with van der Waals surface area (Å²) in [6.07, 6.45) is 1.84. The first-order valence-corrected chi connectivity index (χ1v) is 9.09. The Morgan fingerprint density at radius 2 is 2.14 bits per heavy atom. The van der Waals surface area contributed by atoms with Gasteiger partial charge in [-0.1, -0.05) is 13.3 Å². The van der Waals surface area contributed by atoms with E-state index in [1.54, 1.807) is 4.90 Å². The van der Waals surface area contributed by atoms with Crippen molar-refractivity contribution >= 4 is 25.6 Å². The van der Waals surface area contributed by atoms with Gasteiger partial charge in [-0.05, 0) is 37.0 Å². The van der Waals surface area contributed by atoms with Gasteiger partial charge in [-0.2, -0.15) is 0 Å². The molecule has 0 bridgehead atoms. The summed E-state index contributed by atoms with van der Waals surface area (Å²) >= 11 is 0. The third-order valence-corrected chi connectivity index (χ3v) is 5.22. The Balaban J connectivity index is 2.39. The number of carbonyl (C=O) groups is 1. The zero-order chi connectivity index (χ0) is 15.8. The first kappa shape index (κ1) is 16.2. The highest BCUT2D eigenvalue weighted by molar-refractivity contribution is 8.13. The van der Waals surface area contributed by atoms with Gasteiger partial charge in [0.2, 0.25) is 0 Å². The average Bonchev–Trinajstić information content (AvgIpc) is 2.88. The van der Waals surface area contributed by atoms with Crippen LogP contribution in [0.15, 0.2) is 17.0 Å². The van der Waals surface area contributed by atoms with E-state index in [1.807, 2.05) is 6.92 Å². The fraction of sp³-hybridized carbons (Fsp3) is 0.500. The van der Waals surface area contributed by atoms with Crippen molar-refractivity contribution < 1.29 is 17.6 Å². The summed E-state index contributed by atoms with van der Waals surface area (Å²) in [6, 6.07) is 2.15. The van der Waals surface area contributed by atoms with Gasteiger partial charge in [-0.15, -0.1) is 0 Å². The van der Waals surface area contributed by atoms with E-state index in [0.717, 1.165) is 25.0 Å². The molecule has 1 atom stereocenters. The Morgan fingerprint density at radius 1 is 1.48 bits per heavy atom. The third-order valence-electron chi connectivity index (χ3n) is 3.89. The molecule has 0 N–H and O–H groups in total. The molecule has 1 heterocycles. The highest BCUT2D eigenvalue weighted by Gasteiger charge is 2.29. The number of hydrogen-bond acceptors (Lipinski definition) is 3. The molecule has 2 rings (SSSR count). The van der Waals surface area contributed by atoms with Crippen LogP contribution in [0.2, 0.25) is 0 Å². The van der Waals surface area contributed by atoms with Gasteiger partial charge in [0.25, 0.3) is 15.0 Å². The van der Waals surface area contributed by atoms with Crippen molar-refractivity contribution in [1.82, 2.24) is 4.90 Å². The van der Waals surface area contributed by atoms with E-state index in [4.69, 9.17) is 10.7 Å². The molecule has 1 aromatic carbocycles. The Labute approximate surface area is 128 Å². The van der Waals surface area contributed by atoms with Crippen molar-refractivity contribution in [3.05, 3.63) is 29.1 Å². The van der Waals surface area contributed by atoms with Crippen molar-refractivity contribution in [3.8, 4) is 0 Å². The summed E-state index contributed by atoms with van der Waals surface area (Å²) in [4.78, 5) is 13.7. The predicted octanol–water partition coefficient (Wildman–Crippen LogP) is 2.93. The number of hydrogen-bond donors (Lipinski definition) is 0. The van der Waals surface area contributed by atoms with Gasteiger partial charge in [0.05, 0.1) is 10.5 Å². The molecule has 7 heteroatoms. The van der Waals surface area contributed by atoms with Crippen molar-refractivity contribution in [3.63, 3.8) is 0 Å². The maximum Gasteiger partial charge on any atom is 0.261 e. The molecule has 1 aliphatic heterocycles. The van der Waals surface area contributed by atoms with Crippen LogP contribution >= 0.6 is 10.7 Å². The lowest BCUT2D eigenvalue weighted by Crippen LogP contribution is -2.29. The minimum Gasteiger partial charge on any atom is -0.338 e. The van der Waals surface area contributed by atoms with E-state index in [2.05, 4.69) is 0 Å². The summed E-state index contributed by atoms with van der Waals surface area (Å²) in [7, 11) is 1.29. The fourth-order valence-electron chi connectivity index (χ4n) is 2.55. The molecule has 1 amide bonds. The molecule has 0 aromatic heterocycles. The zero-order valence-electron chi connectivity index (χ0n) is 11.9. The molecule has 0 aliphatic carbocycles. The average molecular weight is 334 g/mol. The molecule has 1 aromatic rings. The monoisotopic (exact) mass is 333 g/mol. The molecular weight excluding hydrogens is 317 g/mol. The summed E-state index contributed by atoms with van der Waals surface area (Å²) in [6.45, 7) is 4.60. The van der Waals surface area contributed by atoms with Gasteiger partial charge in [0.1, 0.15) is 5.82 Å². The topological polar surface area (TPSA) is 54.5 Å². The number of rotatable bonds is 3. The van der Waals surface area contributed by atoms with E-state index in [9.17, 15) is 17.6 Å². The molecule has 1 saturated heterocycles. The lowest BCUT2D eigenvalue weighted by Gasteiger charge is -2.17. The van der Waals surface area contributed by atoms with Crippen LogP contribution in [0.25, 0.3) is 0 Å². The summed E-state index contributed by atoms with van der Waals surface area (Å²) in [5.74, 6) is -0.754. The highest BCUT2D eigenvalue weighted by Crippen LogP contribution is 2.26. The number of nitrogens with zero attached hydrogens (tertiary/aromatic N) is 1. The van der Waals surface area contributed by atoms with Crippen LogP contribution < -0.4 is 0 Å². The van der Waals surface area contributed by atoms with Gasteiger partial charge >= 0.3 is 0 Å². The standard InChI is InChI=1S/C14H17ClFNO3S/c1-3-10-4-5-17(8-10)14(18)12-7-11(21(15,19)20)6-9(2)13(12)16/h6-7,10H,3-5,8H2,1-2H3. The second kappa shape index (κ2) is 5.93. The van der Waals surface area contributed by atoms with Crippen molar-refractivity contribution in [2.45, 2.75) is 31.6 Å². The van der Waals surface area contributed by atoms with Crippen molar-refractivity contribution in [1.29, 1.82) is 0 Å². The Kier molecular flexibility index (Phi) is 4.58. The van der Waals surface area contributed by atoms with E-state index in [1.165, 1.54) is 6.92 Å². The smallest absolute Gasteiger partial charge is 0.261 e. The van der Waals surface area contributed by atoms with E-state index in [0.29, 0.717) is 19.0 Å². The SMILES string of the molecule is CCC1CCN(C(=O)c2cc(S(=O)(=O)Cl)cc(C)c2F)C1. The van der Waals surface area contributed by atoms with E-state index < -0.39 is 20.8 Å². The number of benzene rings is 1. The molecule has 1 unspecified atom stereocenters. The predicted molar refractivity (Wildman–Crippen MR) is 78.5 cm³/mol. The van der Waals surface area contributed by atoms with Crippen LogP contribution in [0.5, 0.6) is 0 Å². The number of likely N-dealkylation sites (tertiary alicyclic amines) is 1. The Hall–Kier alpha value is -1.14. The lowest BCUT2D eigenvalue weighted by molar-refractivity contribution is 0.0781. The quantitative estimate of drug-likeness (QED) is 0.799. The van der Waals surface area contributed by atoms with Crippen molar-refractivity contribution in [2.75, 3.05) is 13.1 Å². The summed E-state index contributed by atoms with van der Waals surface area (Å²) in [5.41, 5.74) is -0.141. The van der Waals surface area contributed by atoms with E-state index >= 15 is 0 Å². The molecule has 4 nitrogen and oxygen atoms in total.